The van der Waals surface area contributed by atoms with E-state index in [1.54, 1.807) is 12.3 Å². The van der Waals surface area contributed by atoms with Gasteiger partial charge in [0.2, 0.25) is 5.88 Å². The van der Waals surface area contributed by atoms with E-state index in [0.717, 1.165) is 5.56 Å². The van der Waals surface area contributed by atoms with Crippen LogP contribution in [0.2, 0.25) is 0 Å². The van der Waals surface area contributed by atoms with Gasteiger partial charge in [0.25, 0.3) is 5.91 Å². The summed E-state index contributed by atoms with van der Waals surface area (Å²) < 4.78 is 10.5. The van der Waals surface area contributed by atoms with Crippen LogP contribution in [0.3, 0.4) is 0 Å². The number of aromatic nitrogens is 1. The number of rotatable bonds is 7. The Kier molecular flexibility index (Phi) is 6.24. The zero-order valence-corrected chi connectivity index (χ0v) is 11.6. The van der Waals surface area contributed by atoms with Gasteiger partial charge in [-0.1, -0.05) is 6.07 Å². The molecule has 1 aromatic rings. The molecule has 1 amide bonds. The monoisotopic (exact) mass is 267 g/mol. The van der Waals surface area contributed by atoms with Crippen molar-refractivity contribution in [3.63, 3.8) is 0 Å². The molecule has 1 heterocycles. The van der Waals surface area contributed by atoms with Crippen LogP contribution in [0.4, 0.5) is 0 Å². The summed E-state index contributed by atoms with van der Waals surface area (Å²) in [5.41, 5.74) is 6.24. The Labute approximate surface area is 113 Å². The first-order valence-corrected chi connectivity index (χ1v) is 6.19. The molecule has 0 saturated carbocycles. The lowest BCUT2D eigenvalue weighted by atomic mass is 10.2. The van der Waals surface area contributed by atoms with E-state index in [4.69, 9.17) is 15.2 Å². The molecule has 19 heavy (non-hydrogen) atoms. The molecule has 106 valence electrons. The Balaban J connectivity index is 2.64. The third-order valence-corrected chi connectivity index (χ3v) is 2.44. The lowest BCUT2D eigenvalue weighted by molar-refractivity contribution is -0.130. The topological polar surface area (TPSA) is 86.5 Å². The molecule has 0 bridgehead atoms. The number of amides is 1. The molecule has 6 nitrogen and oxygen atoms in total. The van der Waals surface area contributed by atoms with Crippen LogP contribution in [0.25, 0.3) is 0 Å². The summed E-state index contributed by atoms with van der Waals surface area (Å²) in [6.07, 6.45) is 1.05. The van der Waals surface area contributed by atoms with Crippen molar-refractivity contribution in [3.05, 3.63) is 23.9 Å². The molecule has 0 radical (unpaired) electrons. The van der Waals surface area contributed by atoms with Crippen molar-refractivity contribution in [2.45, 2.75) is 32.6 Å². The van der Waals surface area contributed by atoms with Gasteiger partial charge in [0.15, 0.2) is 0 Å². The molecule has 0 aliphatic carbocycles. The largest absolute Gasteiger partial charge is 0.475 e. The molecular weight excluding hydrogens is 246 g/mol. The van der Waals surface area contributed by atoms with Gasteiger partial charge in [0.1, 0.15) is 6.10 Å². The highest BCUT2D eigenvalue weighted by Gasteiger charge is 2.16. The van der Waals surface area contributed by atoms with Gasteiger partial charge >= 0.3 is 0 Å². The van der Waals surface area contributed by atoms with E-state index in [9.17, 15) is 4.79 Å². The Morgan fingerprint density at radius 1 is 1.53 bits per heavy atom. The summed E-state index contributed by atoms with van der Waals surface area (Å²) in [6.45, 7) is 4.32. The maximum atomic E-state index is 11.7. The molecule has 0 saturated heterocycles. The summed E-state index contributed by atoms with van der Waals surface area (Å²) in [5.74, 6) is 0.281. The number of carbonyl (C=O) groups is 1. The van der Waals surface area contributed by atoms with E-state index in [0.29, 0.717) is 12.4 Å². The Morgan fingerprint density at radius 3 is 2.84 bits per heavy atom. The van der Waals surface area contributed by atoms with E-state index < -0.39 is 6.10 Å². The van der Waals surface area contributed by atoms with Crippen molar-refractivity contribution >= 4 is 5.91 Å². The highest BCUT2D eigenvalue weighted by atomic mass is 16.5. The van der Waals surface area contributed by atoms with Crippen LogP contribution in [-0.4, -0.2) is 36.8 Å². The fourth-order valence-electron chi connectivity index (χ4n) is 1.49. The van der Waals surface area contributed by atoms with E-state index >= 15 is 0 Å². The molecule has 6 heteroatoms. The van der Waals surface area contributed by atoms with Crippen molar-refractivity contribution in [1.82, 2.24) is 10.3 Å². The van der Waals surface area contributed by atoms with E-state index in [1.807, 2.05) is 19.9 Å². The molecule has 3 N–H and O–H groups in total. The normalized spacial score (nSPS) is 12.3. The maximum Gasteiger partial charge on any atom is 0.250 e. The average Bonchev–Trinajstić information content (AvgIpc) is 2.38. The molecule has 0 spiro atoms. The Bertz CT molecular complexity index is 406. The number of hydrogen-bond acceptors (Lipinski definition) is 5. The third-order valence-electron chi connectivity index (χ3n) is 2.44. The number of ether oxygens (including phenoxy) is 2. The molecule has 0 aliphatic rings. The van der Waals surface area contributed by atoms with Crippen LogP contribution < -0.4 is 15.8 Å². The molecule has 0 aromatic carbocycles. The van der Waals surface area contributed by atoms with Crippen LogP contribution >= 0.6 is 0 Å². The number of carbonyl (C=O) groups excluding carboxylic acids is 1. The SMILES string of the molecule is COC(CN)C(=O)NCc1cccnc1OC(C)C. The molecule has 0 aliphatic heterocycles. The first kappa shape index (κ1) is 15.4. The quantitative estimate of drug-likeness (QED) is 0.749. The minimum atomic E-state index is -0.633. The number of methoxy groups -OCH3 is 1. The highest BCUT2D eigenvalue weighted by molar-refractivity contribution is 5.81. The van der Waals surface area contributed by atoms with Gasteiger partial charge in [0, 0.05) is 32.0 Å². The Morgan fingerprint density at radius 2 is 2.26 bits per heavy atom. The number of nitrogens with zero attached hydrogens (tertiary/aromatic N) is 1. The first-order valence-electron chi connectivity index (χ1n) is 6.19. The zero-order chi connectivity index (χ0) is 14.3. The zero-order valence-electron chi connectivity index (χ0n) is 11.6. The second kappa shape index (κ2) is 7.70. The second-order valence-corrected chi connectivity index (χ2v) is 4.31. The van der Waals surface area contributed by atoms with Crippen LogP contribution in [0.15, 0.2) is 18.3 Å². The molecule has 0 fully saturated rings. The lowest BCUT2D eigenvalue weighted by Crippen LogP contribution is -2.40. The lowest BCUT2D eigenvalue weighted by Gasteiger charge is -2.15. The van der Waals surface area contributed by atoms with Gasteiger partial charge in [-0.25, -0.2) is 4.98 Å². The van der Waals surface area contributed by atoms with Crippen molar-refractivity contribution in [3.8, 4) is 5.88 Å². The predicted molar refractivity (Wildman–Crippen MR) is 71.7 cm³/mol. The minimum Gasteiger partial charge on any atom is -0.475 e. The summed E-state index contributed by atoms with van der Waals surface area (Å²) in [6, 6.07) is 3.65. The fourth-order valence-corrected chi connectivity index (χ4v) is 1.49. The fraction of sp³-hybridized carbons (Fsp3) is 0.538. The second-order valence-electron chi connectivity index (χ2n) is 4.31. The summed E-state index contributed by atoms with van der Waals surface area (Å²) in [4.78, 5) is 15.9. The highest BCUT2D eigenvalue weighted by Crippen LogP contribution is 2.15. The van der Waals surface area contributed by atoms with Gasteiger partial charge < -0.3 is 20.5 Å². The minimum absolute atomic E-state index is 0.0279. The van der Waals surface area contributed by atoms with E-state index in [-0.39, 0.29) is 18.6 Å². The summed E-state index contributed by atoms with van der Waals surface area (Å²) >= 11 is 0. The standard InChI is InChI=1S/C13H21N3O3/c1-9(2)19-13-10(5-4-6-15-13)8-16-12(17)11(7-14)18-3/h4-6,9,11H,7-8,14H2,1-3H3,(H,16,17). The van der Waals surface area contributed by atoms with Crippen molar-refractivity contribution < 1.29 is 14.3 Å². The summed E-state index contributed by atoms with van der Waals surface area (Å²) in [7, 11) is 1.45. The van der Waals surface area contributed by atoms with Gasteiger partial charge in [-0.05, 0) is 19.9 Å². The molecular formula is C13H21N3O3. The van der Waals surface area contributed by atoms with Crippen molar-refractivity contribution in [2.75, 3.05) is 13.7 Å². The average molecular weight is 267 g/mol. The maximum absolute atomic E-state index is 11.7. The molecule has 1 rings (SSSR count). The van der Waals surface area contributed by atoms with Crippen molar-refractivity contribution in [2.24, 2.45) is 5.73 Å². The first-order chi connectivity index (χ1) is 9.08. The predicted octanol–water partition coefficient (Wildman–Crippen LogP) is 0.459. The molecule has 1 unspecified atom stereocenters. The molecule has 1 aromatic heterocycles. The van der Waals surface area contributed by atoms with Crippen LogP contribution in [0.5, 0.6) is 5.88 Å². The van der Waals surface area contributed by atoms with Crippen LogP contribution in [0.1, 0.15) is 19.4 Å². The van der Waals surface area contributed by atoms with Crippen LogP contribution in [0, 0.1) is 0 Å². The van der Waals surface area contributed by atoms with Crippen LogP contribution in [-0.2, 0) is 16.1 Å². The number of nitrogens with two attached hydrogens (primary N) is 1. The molecule has 1 atom stereocenters. The van der Waals surface area contributed by atoms with Gasteiger partial charge in [0.05, 0.1) is 6.10 Å². The van der Waals surface area contributed by atoms with E-state index in [2.05, 4.69) is 10.3 Å². The van der Waals surface area contributed by atoms with Gasteiger partial charge in [-0.3, -0.25) is 4.79 Å². The van der Waals surface area contributed by atoms with Gasteiger partial charge in [-0.2, -0.15) is 0 Å². The third kappa shape index (κ3) is 4.84. The van der Waals surface area contributed by atoms with E-state index in [1.165, 1.54) is 7.11 Å². The summed E-state index contributed by atoms with van der Waals surface area (Å²) in [5, 5.41) is 2.75. The van der Waals surface area contributed by atoms with Crippen molar-refractivity contribution in [1.29, 1.82) is 0 Å². The number of hydrogen-bond donors (Lipinski definition) is 2. The Hall–Kier alpha value is -1.66. The smallest absolute Gasteiger partial charge is 0.250 e. The number of nitrogens with one attached hydrogen (secondary N) is 1. The number of pyridine rings is 1. The van der Waals surface area contributed by atoms with Gasteiger partial charge in [-0.15, -0.1) is 0 Å².